The first-order valence-corrected chi connectivity index (χ1v) is 5.81. The number of anilines is 1. The molecule has 19 heavy (non-hydrogen) atoms. The average molecular weight is 300 g/mol. The molecule has 8 heteroatoms. The van der Waals surface area contributed by atoms with Crippen molar-refractivity contribution in [2.24, 2.45) is 0 Å². The molecule has 0 unspecified atom stereocenters. The number of benzene rings is 1. The van der Waals surface area contributed by atoms with Crippen molar-refractivity contribution in [1.82, 2.24) is 9.97 Å². The first-order valence-electron chi connectivity index (χ1n) is 5.06. The van der Waals surface area contributed by atoms with E-state index in [0.29, 0.717) is 5.02 Å². The van der Waals surface area contributed by atoms with Gasteiger partial charge in [-0.1, -0.05) is 23.2 Å². The number of rotatable bonds is 2. The number of carbonyl (C=O) groups is 1. The Hall–Kier alpha value is -2.05. The predicted molar refractivity (Wildman–Crippen MR) is 72.1 cm³/mol. The van der Waals surface area contributed by atoms with Crippen LogP contribution in [0, 0.1) is 0 Å². The van der Waals surface area contributed by atoms with Gasteiger partial charge in [-0.2, -0.15) is 0 Å². The molecular formula is C11H7Cl2N3O3. The summed E-state index contributed by atoms with van der Waals surface area (Å²) in [5, 5.41) is 3.09. The highest BCUT2D eigenvalue weighted by Gasteiger charge is 2.13. The van der Waals surface area contributed by atoms with Gasteiger partial charge in [0.05, 0.1) is 10.7 Å². The van der Waals surface area contributed by atoms with Crippen LogP contribution in [0.1, 0.15) is 10.4 Å². The molecule has 0 aliphatic heterocycles. The van der Waals surface area contributed by atoms with Crippen molar-refractivity contribution in [1.29, 1.82) is 0 Å². The maximum absolute atomic E-state index is 11.9. The number of hydrogen-bond donors (Lipinski definition) is 3. The normalized spacial score (nSPS) is 10.2. The molecule has 0 fully saturated rings. The van der Waals surface area contributed by atoms with E-state index in [1.807, 2.05) is 4.98 Å². The second kappa shape index (κ2) is 5.29. The van der Waals surface area contributed by atoms with E-state index in [4.69, 9.17) is 23.2 Å². The first-order chi connectivity index (χ1) is 8.97. The van der Waals surface area contributed by atoms with Crippen LogP contribution in [-0.4, -0.2) is 15.9 Å². The lowest BCUT2D eigenvalue weighted by atomic mass is 10.2. The molecule has 1 heterocycles. The first kappa shape index (κ1) is 13.4. The summed E-state index contributed by atoms with van der Waals surface area (Å²) in [6, 6.07) is 4.52. The quantitative estimate of drug-likeness (QED) is 0.786. The lowest BCUT2D eigenvalue weighted by Gasteiger charge is -2.06. The standard InChI is InChI=1S/C11H7Cl2N3O3/c12-5-1-2-7(13)8(3-5)15-9(17)6-4-14-11(19)16-10(6)18/h1-4H,(H,15,17)(H2,14,16,18,19). The van der Waals surface area contributed by atoms with Crippen molar-refractivity contribution >= 4 is 34.8 Å². The van der Waals surface area contributed by atoms with Crippen LogP contribution in [0.2, 0.25) is 10.0 Å². The van der Waals surface area contributed by atoms with Gasteiger partial charge >= 0.3 is 5.69 Å². The predicted octanol–water partition coefficient (Wildman–Crippen LogP) is 1.62. The van der Waals surface area contributed by atoms with Gasteiger partial charge in [0.25, 0.3) is 11.5 Å². The topological polar surface area (TPSA) is 94.8 Å². The third-order valence-electron chi connectivity index (χ3n) is 2.24. The van der Waals surface area contributed by atoms with Gasteiger partial charge in [-0.15, -0.1) is 0 Å². The van der Waals surface area contributed by atoms with Crippen molar-refractivity contribution < 1.29 is 4.79 Å². The number of nitrogens with one attached hydrogen (secondary N) is 3. The van der Waals surface area contributed by atoms with Crippen molar-refractivity contribution in [2.45, 2.75) is 0 Å². The molecule has 1 amide bonds. The monoisotopic (exact) mass is 299 g/mol. The molecule has 6 nitrogen and oxygen atoms in total. The van der Waals surface area contributed by atoms with Gasteiger partial charge in [0.1, 0.15) is 5.56 Å². The van der Waals surface area contributed by atoms with Crippen LogP contribution in [0.4, 0.5) is 5.69 Å². The summed E-state index contributed by atoms with van der Waals surface area (Å²) in [7, 11) is 0. The Kier molecular flexibility index (Phi) is 3.73. The molecule has 0 aliphatic rings. The molecule has 0 aliphatic carbocycles. The van der Waals surface area contributed by atoms with Gasteiger partial charge in [-0.05, 0) is 18.2 Å². The highest BCUT2D eigenvalue weighted by Crippen LogP contribution is 2.25. The second-order valence-electron chi connectivity index (χ2n) is 3.56. The minimum absolute atomic E-state index is 0.240. The Morgan fingerprint density at radius 1 is 1.21 bits per heavy atom. The summed E-state index contributed by atoms with van der Waals surface area (Å²) >= 11 is 11.6. The number of amides is 1. The number of carbonyl (C=O) groups excluding carboxylic acids is 1. The summed E-state index contributed by atoms with van der Waals surface area (Å²) in [5.41, 5.74) is -1.46. The highest BCUT2D eigenvalue weighted by molar-refractivity contribution is 6.35. The van der Waals surface area contributed by atoms with Crippen LogP contribution >= 0.6 is 23.2 Å². The third kappa shape index (κ3) is 3.04. The van der Waals surface area contributed by atoms with Crippen LogP contribution in [0.25, 0.3) is 0 Å². The van der Waals surface area contributed by atoms with Gasteiger partial charge in [-0.25, -0.2) is 4.79 Å². The molecule has 2 rings (SSSR count). The largest absolute Gasteiger partial charge is 0.325 e. The molecule has 0 atom stereocenters. The zero-order chi connectivity index (χ0) is 14.0. The van der Waals surface area contributed by atoms with Gasteiger partial charge in [0, 0.05) is 11.2 Å². The van der Waals surface area contributed by atoms with Crippen molar-refractivity contribution in [3.63, 3.8) is 0 Å². The van der Waals surface area contributed by atoms with E-state index in [9.17, 15) is 14.4 Å². The fraction of sp³-hybridized carbons (Fsp3) is 0. The van der Waals surface area contributed by atoms with Gasteiger partial charge in [0.15, 0.2) is 0 Å². The number of aromatic amines is 2. The number of halogens is 2. The maximum Gasteiger partial charge on any atom is 0.325 e. The molecule has 1 aromatic heterocycles. The molecule has 98 valence electrons. The number of aromatic nitrogens is 2. The molecule has 0 spiro atoms. The summed E-state index contributed by atoms with van der Waals surface area (Å²) in [6.45, 7) is 0. The van der Waals surface area contributed by atoms with Gasteiger partial charge in [-0.3, -0.25) is 14.6 Å². The molecule has 1 aromatic carbocycles. The second-order valence-corrected chi connectivity index (χ2v) is 4.41. The van der Waals surface area contributed by atoms with Crippen LogP contribution < -0.4 is 16.6 Å². The van der Waals surface area contributed by atoms with Gasteiger partial charge < -0.3 is 10.3 Å². The van der Waals surface area contributed by atoms with E-state index in [0.717, 1.165) is 6.20 Å². The smallest absolute Gasteiger partial charge is 0.320 e. The number of H-pyrrole nitrogens is 2. The van der Waals surface area contributed by atoms with E-state index in [1.165, 1.54) is 12.1 Å². The van der Waals surface area contributed by atoms with E-state index in [2.05, 4.69) is 10.3 Å². The molecule has 0 bridgehead atoms. The Bertz CT molecular complexity index is 751. The Morgan fingerprint density at radius 3 is 2.63 bits per heavy atom. The zero-order valence-electron chi connectivity index (χ0n) is 9.29. The summed E-state index contributed by atoms with van der Waals surface area (Å²) < 4.78 is 0. The van der Waals surface area contributed by atoms with Gasteiger partial charge in [0.2, 0.25) is 0 Å². The minimum atomic E-state index is -0.792. The molecule has 2 aromatic rings. The van der Waals surface area contributed by atoms with E-state index >= 15 is 0 Å². The zero-order valence-corrected chi connectivity index (χ0v) is 10.8. The van der Waals surface area contributed by atoms with Crippen molar-refractivity contribution in [2.75, 3.05) is 5.32 Å². The van der Waals surface area contributed by atoms with Crippen LogP contribution in [0.3, 0.4) is 0 Å². The molecule has 0 saturated carbocycles. The van der Waals surface area contributed by atoms with Crippen LogP contribution in [0.5, 0.6) is 0 Å². The van der Waals surface area contributed by atoms with Crippen molar-refractivity contribution in [3.05, 3.63) is 60.8 Å². The van der Waals surface area contributed by atoms with Crippen LogP contribution in [-0.2, 0) is 0 Å². The lowest BCUT2D eigenvalue weighted by Crippen LogP contribution is -2.29. The molecular weight excluding hydrogens is 293 g/mol. The fourth-order valence-electron chi connectivity index (χ4n) is 1.36. The Balaban J connectivity index is 2.33. The molecule has 3 N–H and O–H groups in total. The van der Waals surface area contributed by atoms with E-state index in [1.54, 1.807) is 6.07 Å². The minimum Gasteiger partial charge on any atom is -0.320 e. The summed E-state index contributed by atoms with van der Waals surface area (Å²) in [4.78, 5) is 38.3. The lowest BCUT2D eigenvalue weighted by molar-refractivity contribution is 0.102. The Labute approximate surface area is 116 Å². The SMILES string of the molecule is O=C(Nc1cc(Cl)ccc1Cl)c1c[nH]c(=O)[nH]c1=O. The Morgan fingerprint density at radius 2 is 1.95 bits per heavy atom. The average Bonchev–Trinajstić information content (AvgIpc) is 2.33. The number of hydrogen-bond acceptors (Lipinski definition) is 3. The molecule has 0 saturated heterocycles. The third-order valence-corrected chi connectivity index (χ3v) is 2.81. The van der Waals surface area contributed by atoms with Crippen LogP contribution in [0.15, 0.2) is 34.0 Å². The van der Waals surface area contributed by atoms with Crippen molar-refractivity contribution in [3.8, 4) is 0 Å². The highest BCUT2D eigenvalue weighted by atomic mass is 35.5. The molecule has 0 radical (unpaired) electrons. The summed E-state index contributed by atoms with van der Waals surface area (Å²) in [5.74, 6) is -0.707. The maximum atomic E-state index is 11.9. The fourth-order valence-corrected chi connectivity index (χ4v) is 1.70. The van der Waals surface area contributed by atoms with E-state index < -0.39 is 17.2 Å². The van der Waals surface area contributed by atoms with E-state index in [-0.39, 0.29) is 16.3 Å². The summed E-state index contributed by atoms with van der Waals surface area (Å²) in [6.07, 6.45) is 1.02.